The molecule has 4 rings (SSSR count). The number of aromatic nitrogens is 2. The van der Waals surface area contributed by atoms with Crippen LogP contribution in [0.3, 0.4) is 0 Å². The van der Waals surface area contributed by atoms with E-state index in [-0.39, 0.29) is 17.0 Å². The van der Waals surface area contributed by atoms with Gasteiger partial charge in [0.2, 0.25) is 0 Å². The first-order chi connectivity index (χ1) is 14.1. The zero-order chi connectivity index (χ0) is 20.8. The molecule has 1 saturated heterocycles. The van der Waals surface area contributed by atoms with Crippen LogP contribution < -0.4 is 10.9 Å². The van der Waals surface area contributed by atoms with Crippen molar-refractivity contribution < 1.29 is 9.18 Å². The second-order valence-corrected chi connectivity index (χ2v) is 6.58. The Morgan fingerprint density at radius 2 is 1.79 bits per heavy atom. The molecule has 0 aliphatic carbocycles. The van der Waals surface area contributed by atoms with E-state index >= 15 is 0 Å². The summed E-state index contributed by atoms with van der Waals surface area (Å²) in [6.45, 7) is 6.55. The van der Waals surface area contributed by atoms with Crippen molar-refractivity contribution in [3.63, 3.8) is 0 Å². The number of rotatable bonds is 3. The zero-order valence-corrected chi connectivity index (χ0v) is 16.7. The second-order valence-electron chi connectivity index (χ2n) is 6.58. The molecule has 2 aromatic carbocycles. The fourth-order valence-corrected chi connectivity index (χ4v) is 3.38. The summed E-state index contributed by atoms with van der Waals surface area (Å²) < 4.78 is 14.3. The van der Waals surface area contributed by atoms with Gasteiger partial charge in [-0.15, -0.1) is 0 Å². The molecule has 3 aromatic rings. The zero-order valence-electron chi connectivity index (χ0n) is 16.7. The molecule has 0 bridgehead atoms. The van der Waals surface area contributed by atoms with Gasteiger partial charge < -0.3 is 10.2 Å². The van der Waals surface area contributed by atoms with Gasteiger partial charge in [-0.25, -0.2) is 9.49 Å². The van der Waals surface area contributed by atoms with Crippen LogP contribution in [-0.2, 0) is 6.42 Å². The molecule has 1 fully saturated rings. The quantitative estimate of drug-likeness (QED) is 0.714. The number of hydrogen-bond acceptors (Lipinski definition) is 4. The van der Waals surface area contributed by atoms with Crippen molar-refractivity contribution in [1.82, 2.24) is 20.4 Å². The van der Waals surface area contributed by atoms with Gasteiger partial charge in [0.15, 0.2) is 0 Å². The number of piperazine rings is 1. The smallest absolute Gasteiger partial charge is 0.272 e. The van der Waals surface area contributed by atoms with Crippen molar-refractivity contribution >= 4 is 16.7 Å². The molecule has 0 unspecified atom stereocenters. The molecular formula is C22H25FN4O2. The Morgan fingerprint density at radius 3 is 2.52 bits per heavy atom. The van der Waals surface area contributed by atoms with Crippen LogP contribution in [-0.4, -0.2) is 47.2 Å². The molecule has 29 heavy (non-hydrogen) atoms. The largest absolute Gasteiger partial charge is 0.336 e. The van der Waals surface area contributed by atoms with Crippen LogP contribution in [0, 0.1) is 5.82 Å². The van der Waals surface area contributed by atoms with Crippen molar-refractivity contribution in [2.24, 2.45) is 0 Å². The number of aromatic amines is 1. The van der Waals surface area contributed by atoms with E-state index in [0.29, 0.717) is 43.7 Å². The lowest BCUT2D eigenvalue weighted by Gasteiger charge is -2.27. The highest BCUT2D eigenvalue weighted by Gasteiger charge is 2.21. The topological polar surface area (TPSA) is 78.1 Å². The number of H-pyrrole nitrogens is 1. The number of amides is 1. The predicted molar refractivity (Wildman–Crippen MR) is 112 cm³/mol. The van der Waals surface area contributed by atoms with E-state index in [1.54, 1.807) is 29.2 Å². The molecule has 0 saturated carbocycles. The molecule has 0 radical (unpaired) electrons. The first kappa shape index (κ1) is 20.7. The van der Waals surface area contributed by atoms with E-state index in [1.807, 2.05) is 26.0 Å². The highest BCUT2D eigenvalue weighted by molar-refractivity contribution is 5.95. The van der Waals surface area contributed by atoms with Crippen LogP contribution in [0.15, 0.2) is 47.3 Å². The predicted octanol–water partition coefficient (Wildman–Crippen LogP) is 2.72. The summed E-state index contributed by atoms with van der Waals surface area (Å²) in [6.07, 6.45) is 0.388. The van der Waals surface area contributed by atoms with Gasteiger partial charge in [0, 0.05) is 38.0 Å². The van der Waals surface area contributed by atoms with E-state index < -0.39 is 5.82 Å². The third-order valence-electron chi connectivity index (χ3n) is 4.81. The van der Waals surface area contributed by atoms with Gasteiger partial charge in [-0.3, -0.25) is 9.59 Å². The van der Waals surface area contributed by atoms with E-state index in [9.17, 15) is 14.0 Å². The van der Waals surface area contributed by atoms with Crippen molar-refractivity contribution in [2.75, 3.05) is 26.2 Å². The lowest BCUT2D eigenvalue weighted by molar-refractivity contribution is 0.0731. The first-order valence-corrected chi connectivity index (χ1v) is 9.88. The van der Waals surface area contributed by atoms with Crippen LogP contribution in [0.5, 0.6) is 0 Å². The van der Waals surface area contributed by atoms with Gasteiger partial charge >= 0.3 is 0 Å². The molecule has 7 heteroatoms. The Morgan fingerprint density at radius 1 is 1.10 bits per heavy atom. The third-order valence-corrected chi connectivity index (χ3v) is 4.81. The highest BCUT2D eigenvalue weighted by atomic mass is 19.1. The third kappa shape index (κ3) is 4.51. The summed E-state index contributed by atoms with van der Waals surface area (Å²) in [5, 5.41) is 11.1. The number of hydrogen-bond donors (Lipinski definition) is 2. The maximum absolute atomic E-state index is 14.3. The molecule has 1 aliphatic heterocycles. The lowest BCUT2D eigenvalue weighted by atomic mass is 10.0. The molecule has 2 heterocycles. The molecule has 152 valence electrons. The summed E-state index contributed by atoms with van der Waals surface area (Å²) in [7, 11) is 0. The molecule has 2 N–H and O–H groups in total. The minimum absolute atomic E-state index is 0.0723. The summed E-state index contributed by atoms with van der Waals surface area (Å²) in [4.78, 5) is 26.3. The number of carbonyl (C=O) groups is 1. The number of fused-ring (bicyclic) bond motifs is 1. The highest BCUT2D eigenvalue weighted by Crippen LogP contribution is 2.19. The number of nitrogens with zero attached hydrogens (tertiary/aromatic N) is 2. The van der Waals surface area contributed by atoms with E-state index in [1.165, 1.54) is 6.07 Å². The molecule has 0 atom stereocenters. The van der Waals surface area contributed by atoms with Crippen LogP contribution >= 0.6 is 0 Å². The Labute approximate surface area is 168 Å². The fraction of sp³-hybridized carbons (Fsp3) is 0.318. The summed E-state index contributed by atoms with van der Waals surface area (Å²) >= 11 is 0. The molecular weight excluding hydrogens is 371 g/mol. The van der Waals surface area contributed by atoms with Crippen molar-refractivity contribution in [1.29, 1.82) is 0 Å². The number of carbonyl (C=O) groups excluding carboxylic acids is 1. The second kappa shape index (κ2) is 9.43. The van der Waals surface area contributed by atoms with Gasteiger partial charge in [-0.05, 0) is 23.8 Å². The van der Waals surface area contributed by atoms with Crippen LogP contribution in [0.2, 0.25) is 0 Å². The summed E-state index contributed by atoms with van der Waals surface area (Å²) in [5.41, 5.74) is 1.27. The maximum Gasteiger partial charge on any atom is 0.272 e. The standard InChI is InChI=1S/C20H19FN4O2.C2H6/c21-17-6-5-13(11-16(17)20(27)25-9-7-22-8-10-25)12-18-14-3-1-2-4-15(14)19(26)24-23-18;1-2/h1-6,11,22H,7-10,12H2,(H,24,26);1-2H3. The normalized spacial score (nSPS) is 13.7. The van der Waals surface area contributed by atoms with Crippen LogP contribution in [0.4, 0.5) is 4.39 Å². The number of benzene rings is 2. The average Bonchev–Trinajstić information content (AvgIpc) is 2.78. The van der Waals surface area contributed by atoms with Crippen LogP contribution in [0.1, 0.15) is 35.5 Å². The van der Waals surface area contributed by atoms with Gasteiger partial charge in [0.05, 0.1) is 16.6 Å². The van der Waals surface area contributed by atoms with Gasteiger partial charge in [0.1, 0.15) is 5.82 Å². The molecule has 1 amide bonds. The molecule has 0 spiro atoms. The Hall–Kier alpha value is -3.06. The van der Waals surface area contributed by atoms with E-state index in [4.69, 9.17) is 0 Å². The Balaban J connectivity index is 0.00000117. The lowest BCUT2D eigenvalue weighted by Crippen LogP contribution is -2.46. The Kier molecular flexibility index (Phi) is 6.72. The van der Waals surface area contributed by atoms with Crippen molar-refractivity contribution in [3.8, 4) is 0 Å². The van der Waals surface area contributed by atoms with E-state index in [2.05, 4.69) is 15.5 Å². The van der Waals surface area contributed by atoms with Crippen molar-refractivity contribution in [2.45, 2.75) is 20.3 Å². The van der Waals surface area contributed by atoms with Gasteiger partial charge in [-0.2, -0.15) is 5.10 Å². The average molecular weight is 396 g/mol. The molecule has 1 aliphatic rings. The van der Waals surface area contributed by atoms with Crippen molar-refractivity contribution in [3.05, 3.63) is 75.5 Å². The van der Waals surface area contributed by atoms with Gasteiger partial charge in [-0.1, -0.05) is 38.1 Å². The first-order valence-electron chi connectivity index (χ1n) is 9.88. The fourth-order valence-electron chi connectivity index (χ4n) is 3.38. The molecule has 6 nitrogen and oxygen atoms in total. The minimum atomic E-state index is -0.526. The monoisotopic (exact) mass is 396 g/mol. The van der Waals surface area contributed by atoms with E-state index in [0.717, 1.165) is 10.9 Å². The summed E-state index contributed by atoms with van der Waals surface area (Å²) in [6, 6.07) is 11.8. The Bertz CT molecular complexity index is 1060. The molecule has 1 aromatic heterocycles. The number of halogens is 1. The SMILES string of the molecule is CC.O=C(c1cc(Cc2n[nH]c(=O)c3ccccc23)ccc1F)N1CCNCC1. The van der Waals surface area contributed by atoms with Crippen LogP contribution in [0.25, 0.3) is 10.8 Å². The minimum Gasteiger partial charge on any atom is -0.336 e. The maximum atomic E-state index is 14.3. The van der Waals surface area contributed by atoms with Gasteiger partial charge in [0.25, 0.3) is 11.5 Å². The number of nitrogens with one attached hydrogen (secondary N) is 2. The summed E-state index contributed by atoms with van der Waals surface area (Å²) in [5.74, 6) is -0.822.